The maximum atomic E-state index is 13.7. The predicted octanol–water partition coefficient (Wildman–Crippen LogP) is -1.28. The molecule has 16 nitrogen and oxygen atoms in total. The monoisotopic (exact) mass is 816 g/mol. The van der Waals surface area contributed by atoms with E-state index in [0.29, 0.717) is 18.3 Å². The van der Waals surface area contributed by atoms with E-state index in [4.69, 9.17) is 18.9 Å². The molecular weight excluding hydrogens is 748 g/mol. The SMILES string of the molecule is C[C@H]([C@H](O)C[C@](O)(CO)C(C)(C)O)[C@H]1CC[C@H]2[C@@H]3CC[C@H]4[C@H](CO[C@@H]5O[C@H](CO[C@@H]6O[C@H](CO)[C@@H](O)[C@H](O)[C@H]6O)[C@@H](O)[C@H](O)[C@H]5O)C(=O)CC[C@@]45C[C@@]35CC[C@]12C. The second-order valence-corrected chi connectivity index (χ2v) is 19.9. The number of carbonyl (C=O) groups excluding carboxylic acids is 1. The zero-order valence-corrected chi connectivity index (χ0v) is 33.7. The van der Waals surface area contributed by atoms with Crippen molar-refractivity contribution in [1.82, 2.24) is 0 Å². The van der Waals surface area contributed by atoms with Crippen LogP contribution < -0.4 is 0 Å². The van der Waals surface area contributed by atoms with E-state index < -0.39 is 104 Å². The fourth-order valence-electron chi connectivity index (χ4n) is 13.4. The van der Waals surface area contributed by atoms with Gasteiger partial charge in [0, 0.05) is 18.8 Å². The molecule has 2 aliphatic heterocycles. The molecule has 2 saturated heterocycles. The molecule has 0 amide bonds. The fourth-order valence-corrected chi connectivity index (χ4v) is 13.4. The molecule has 5 saturated carbocycles. The van der Waals surface area contributed by atoms with Crippen molar-refractivity contribution < 1.29 is 79.9 Å². The molecule has 2 heterocycles. The molecule has 0 radical (unpaired) electrons. The first-order valence-corrected chi connectivity index (χ1v) is 21.2. The van der Waals surface area contributed by atoms with Crippen molar-refractivity contribution in [2.45, 2.75) is 171 Å². The van der Waals surface area contributed by atoms with Crippen LogP contribution in [0.1, 0.15) is 91.9 Å². The highest BCUT2D eigenvalue weighted by Gasteiger charge is 2.79. The van der Waals surface area contributed by atoms with Crippen LogP contribution in [0.2, 0.25) is 0 Å². The van der Waals surface area contributed by atoms with Crippen LogP contribution >= 0.6 is 0 Å². The number of ketones is 1. The van der Waals surface area contributed by atoms with E-state index in [-0.39, 0.29) is 52.8 Å². The molecule has 7 rings (SSSR count). The Labute approximate surface area is 334 Å². The van der Waals surface area contributed by atoms with E-state index in [0.717, 1.165) is 51.4 Å². The minimum absolute atomic E-state index is 0.00372. The molecule has 2 spiro atoms. The summed E-state index contributed by atoms with van der Waals surface area (Å²) < 4.78 is 22.9. The van der Waals surface area contributed by atoms with Crippen LogP contribution in [0.15, 0.2) is 0 Å². The number of carbonyl (C=O) groups is 1. The molecule has 0 aromatic heterocycles. The molecule has 0 aromatic rings. The van der Waals surface area contributed by atoms with Gasteiger partial charge in [0.1, 0.15) is 60.2 Å². The largest absolute Gasteiger partial charge is 0.394 e. The Balaban J connectivity index is 0.992. The van der Waals surface area contributed by atoms with Crippen molar-refractivity contribution in [2.75, 3.05) is 26.4 Å². The van der Waals surface area contributed by atoms with Crippen molar-refractivity contribution >= 4 is 5.78 Å². The van der Waals surface area contributed by atoms with Crippen molar-refractivity contribution in [1.29, 1.82) is 0 Å². The summed E-state index contributed by atoms with van der Waals surface area (Å²) in [6.07, 6.45) is -8.21. The Hall–Kier alpha value is -0.930. The highest BCUT2D eigenvalue weighted by atomic mass is 16.7. The molecule has 57 heavy (non-hydrogen) atoms. The summed E-state index contributed by atoms with van der Waals surface area (Å²) in [5, 5.41) is 115. The average Bonchev–Trinajstić information content (AvgIpc) is 3.72. The molecule has 7 fully saturated rings. The van der Waals surface area contributed by atoms with Gasteiger partial charge in [-0.2, -0.15) is 0 Å². The number of hydrogen-bond acceptors (Lipinski definition) is 16. The van der Waals surface area contributed by atoms with Crippen molar-refractivity contribution in [3.8, 4) is 0 Å². The average molecular weight is 817 g/mol. The van der Waals surface area contributed by atoms with Gasteiger partial charge in [-0.3, -0.25) is 4.79 Å². The van der Waals surface area contributed by atoms with Crippen LogP contribution in [0.5, 0.6) is 0 Å². The highest BCUT2D eigenvalue weighted by Crippen LogP contribution is 2.85. The molecular formula is C41H68O16. The Kier molecular flexibility index (Phi) is 12.2. The van der Waals surface area contributed by atoms with Gasteiger partial charge in [0.25, 0.3) is 0 Å². The van der Waals surface area contributed by atoms with E-state index in [2.05, 4.69) is 6.92 Å². The Morgan fingerprint density at radius 1 is 0.754 bits per heavy atom. The van der Waals surface area contributed by atoms with Gasteiger partial charge in [0.05, 0.1) is 38.1 Å². The minimum atomic E-state index is -1.83. The number of aliphatic hydroxyl groups is 11. The first-order chi connectivity index (χ1) is 26.7. The Morgan fingerprint density at radius 3 is 1.93 bits per heavy atom. The number of hydrogen-bond donors (Lipinski definition) is 11. The van der Waals surface area contributed by atoms with E-state index in [1.165, 1.54) is 13.8 Å². The maximum Gasteiger partial charge on any atom is 0.186 e. The summed E-state index contributed by atoms with van der Waals surface area (Å²) in [6, 6.07) is 0. The minimum Gasteiger partial charge on any atom is -0.394 e. The summed E-state index contributed by atoms with van der Waals surface area (Å²) in [6.45, 7) is 5.45. The zero-order chi connectivity index (χ0) is 41.6. The smallest absolute Gasteiger partial charge is 0.186 e. The second kappa shape index (κ2) is 15.8. The van der Waals surface area contributed by atoms with E-state index in [1.54, 1.807) is 0 Å². The third-order valence-corrected chi connectivity index (χ3v) is 17.1. The molecule has 0 aromatic carbocycles. The van der Waals surface area contributed by atoms with Gasteiger partial charge in [-0.25, -0.2) is 0 Å². The third kappa shape index (κ3) is 7.07. The second-order valence-electron chi connectivity index (χ2n) is 19.9. The molecule has 0 unspecified atom stereocenters. The molecule has 5 aliphatic carbocycles. The fraction of sp³-hybridized carbons (Fsp3) is 0.976. The predicted molar refractivity (Wildman–Crippen MR) is 197 cm³/mol. The van der Waals surface area contributed by atoms with Crippen LogP contribution in [0.4, 0.5) is 0 Å². The van der Waals surface area contributed by atoms with Crippen LogP contribution in [-0.4, -0.2) is 167 Å². The number of Topliss-reactive ketones (excluding diaryl/α,β-unsaturated/α-hetero) is 1. The normalized spacial score (nSPS) is 50.5. The summed E-state index contributed by atoms with van der Waals surface area (Å²) in [5.41, 5.74) is -3.33. The van der Waals surface area contributed by atoms with Gasteiger partial charge in [0.2, 0.25) is 0 Å². The quantitative estimate of drug-likeness (QED) is 0.103. The number of aliphatic hydroxyl groups excluding tert-OH is 9. The van der Waals surface area contributed by atoms with Crippen molar-refractivity contribution in [3.63, 3.8) is 0 Å². The molecule has 7 aliphatic rings. The lowest BCUT2D eigenvalue weighted by Crippen LogP contribution is -2.62. The van der Waals surface area contributed by atoms with Gasteiger partial charge in [-0.1, -0.05) is 13.8 Å². The van der Waals surface area contributed by atoms with Crippen LogP contribution in [0.3, 0.4) is 0 Å². The van der Waals surface area contributed by atoms with Gasteiger partial charge in [-0.05, 0) is 111 Å². The molecule has 21 atom stereocenters. The third-order valence-electron chi connectivity index (χ3n) is 17.1. The zero-order valence-electron chi connectivity index (χ0n) is 33.7. The standard InChI is InChI=1S/C41H68O16/c1-19(26(45)13-41(53,18-43)37(2,3)52)21-5-7-23-24-8-6-22-20(25(44)9-10-39(22)17-40(24,39)12-11-38(21,23)4)15-54-35-34(51)32(49)30(47)28(57-35)16-55-36-33(50)31(48)29(46)27(14-42)56-36/h19-24,26-36,42-43,45-53H,5-18H2,1-4H3/t19-,20-,21+,22-,23-,24-,26+,27+,28+,29+,30+,31-,32-,33+,34+,35+,36+,38+,39+,40-,41-/m0/s1. The maximum absolute atomic E-state index is 13.7. The van der Waals surface area contributed by atoms with Crippen LogP contribution in [0, 0.1) is 51.8 Å². The summed E-state index contributed by atoms with van der Waals surface area (Å²) in [4.78, 5) is 13.7. The van der Waals surface area contributed by atoms with E-state index in [1.807, 2.05) is 6.92 Å². The summed E-state index contributed by atoms with van der Waals surface area (Å²) in [7, 11) is 0. The lowest BCUT2D eigenvalue weighted by molar-refractivity contribution is -0.332. The van der Waals surface area contributed by atoms with Crippen molar-refractivity contribution in [3.05, 3.63) is 0 Å². The van der Waals surface area contributed by atoms with E-state index in [9.17, 15) is 61.0 Å². The molecule has 328 valence electrons. The molecule has 11 N–H and O–H groups in total. The number of ether oxygens (including phenoxy) is 4. The van der Waals surface area contributed by atoms with Gasteiger partial charge in [0.15, 0.2) is 12.6 Å². The van der Waals surface area contributed by atoms with Gasteiger partial charge in [-0.15, -0.1) is 0 Å². The summed E-state index contributed by atoms with van der Waals surface area (Å²) >= 11 is 0. The topological polar surface area (TPSA) is 277 Å². The molecule has 0 bridgehead atoms. The highest BCUT2D eigenvalue weighted by molar-refractivity contribution is 5.83. The van der Waals surface area contributed by atoms with Gasteiger partial charge >= 0.3 is 0 Å². The first kappa shape index (κ1) is 44.1. The number of fused-ring (bicyclic) bond motifs is 2. The summed E-state index contributed by atoms with van der Waals surface area (Å²) in [5.74, 6) is 0.725. The van der Waals surface area contributed by atoms with Crippen molar-refractivity contribution in [2.24, 2.45) is 51.8 Å². The van der Waals surface area contributed by atoms with Gasteiger partial charge < -0.3 is 75.1 Å². The number of rotatable bonds is 13. The Morgan fingerprint density at radius 2 is 1.32 bits per heavy atom. The van der Waals surface area contributed by atoms with Crippen LogP contribution in [-0.2, 0) is 23.7 Å². The van der Waals surface area contributed by atoms with Crippen LogP contribution in [0.25, 0.3) is 0 Å². The molecule has 16 heteroatoms. The lowest BCUT2D eigenvalue weighted by Gasteiger charge is -2.57. The lowest BCUT2D eigenvalue weighted by atomic mass is 9.48. The Bertz CT molecular complexity index is 1440. The first-order valence-electron chi connectivity index (χ1n) is 21.2. The van der Waals surface area contributed by atoms with E-state index >= 15 is 0 Å².